The van der Waals surface area contributed by atoms with E-state index in [0.717, 1.165) is 16.7 Å². The van der Waals surface area contributed by atoms with Gasteiger partial charge < -0.3 is 25.1 Å². The molecular formula is C22H18N2O7S. The molecule has 2 aromatic rings. The van der Waals surface area contributed by atoms with Crippen LogP contribution in [-0.2, 0) is 14.4 Å². The zero-order valence-corrected chi connectivity index (χ0v) is 17.8. The number of thioether (sulfide) groups is 1. The van der Waals surface area contributed by atoms with Gasteiger partial charge in [0.15, 0.2) is 0 Å². The summed E-state index contributed by atoms with van der Waals surface area (Å²) >= 11 is 0.981. The average Bonchev–Trinajstić information content (AvgIpc) is 3.02. The van der Waals surface area contributed by atoms with Crippen molar-refractivity contribution in [1.82, 2.24) is 0 Å². The van der Waals surface area contributed by atoms with Crippen LogP contribution in [0.5, 0.6) is 23.0 Å². The first-order valence-corrected chi connectivity index (χ1v) is 10.5. The first-order chi connectivity index (χ1) is 15.3. The third-order valence-corrected chi connectivity index (χ3v) is 7.09. The highest BCUT2D eigenvalue weighted by atomic mass is 32.2. The summed E-state index contributed by atoms with van der Waals surface area (Å²) in [5, 5.41) is 9.12. The molecule has 2 aromatic carbocycles. The van der Waals surface area contributed by atoms with Crippen LogP contribution in [0.2, 0.25) is 0 Å². The van der Waals surface area contributed by atoms with E-state index in [9.17, 15) is 19.5 Å². The lowest BCUT2D eigenvalue weighted by molar-refractivity contribution is -0.131. The number of benzene rings is 2. The molecule has 2 amide bonds. The van der Waals surface area contributed by atoms with Crippen LogP contribution in [-0.4, -0.2) is 42.4 Å². The lowest BCUT2D eigenvalue weighted by Gasteiger charge is -2.36. The summed E-state index contributed by atoms with van der Waals surface area (Å²) < 4.78 is 16.0. The summed E-state index contributed by atoms with van der Waals surface area (Å²) in [5.74, 6) is -2.49. The second-order valence-electron chi connectivity index (χ2n) is 7.48. The molecule has 0 aliphatic carbocycles. The standard InChI is InChI=1S/C22H18N2O7S/c1-29-10-4-6-13(30-2)12(8-10)24-20(26)16-15-11-5-3-9(25)7-14(11)31-22(28)17(15)19(23)32-18(16)21(24)27/h3-8,15-16,18,25H,23H2,1-2H3/t15-,16+,18-/m0/s1. The van der Waals surface area contributed by atoms with Crippen molar-refractivity contribution in [3.8, 4) is 23.0 Å². The number of ether oxygens (including phenoxy) is 3. The summed E-state index contributed by atoms with van der Waals surface area (Å²) in [5.41, 5.74) is 7.09. The van der Waals surface area contributed by atoms with E-state index in [-0.39, 0.29) is 27.8 Å². The largest absolute Gasteiger partial charge is 0.508 e. The number of fused-ring (bicyclic) bond motifs is 5. The number of hydrogen-bond donors (Lipinski definition) is 2. The molecule has 3 N–H and O–H groups in total. The second kappa shape index (κ2) is 7.20. The number of imide groups is 1. The van der Waals surface area contributed by atoms with Crippen LogP contribution in [0.15, 0.2) is 47.0 Å². The van der Waals surface area contributed by atoms with Gasteiger partial charge in [0.05, 0.1) is 36.4 Å². The number of esters is 1. The lowest BCUT2D eigenvalue weighted by atomic mass is 9.77. The molecule has 10 heteroatoms. The van der Waals surface area contributed by atoms with Gasteiger partial charge in [0, 0.05) is 23.6 Å². The molecule has 32 heavy (non-hydrogen) atoms. The topological polar surface area (TPSA) is 128 Å². The normalized spacial score (nSPS) is 24.0. The van der Waals surface area contributed by atoms with Gasteiger partial charge in [-0.05, 0) is 18.2 Å². The van der Waals surface area contributed by atoms with E-state index in [2.05, 4.69) is 0 Å². The number of phenolic OH excluding ortho intramolecular Hbond substituents is 1. The van der Waals surface area contributed by atoms with Crippen LogP contribution in [0.1, 0.15) is 11.5 Å². The predicted molar refractivity (Wildman–Crippen MR) is 115 cm³/mol. The third-order valence-electron chi connectivity index (χ3n) is 5.87. The smallest absolute Gasteiger partial charge is 0.342 e. The molecule has 9 nitrogen and oxygen atoms in total. The number of aromatic hydroxyl groups is 1. The van der Waals surface area contributed by atoms with Crippen molar-refractivity contribution < 1.29 is 33.7 Å². The monoisotopic (exact) mass is 454 g/mol. The van der Waals surface area contributed by atoms with E-state index in [0.29, 0.717) is 17.1 Å². The van der Waals surface area contributed by atoms with Crippen molar-refractivity contribution >= 4 is 35.2 Å². The summed E-state index contributed by atoms with van der Waals surface area (Å²) in [6.07, 6.45) is 0. The van der Waals surface area contributed by atoms with Crippen LogP contribution in [0.4, 0.5) is 5.69 Å². The zero-order chi connectivity index (χ0) is 22.7. The van der Waals surface area contributed by atoms with E-state index in [1.807, 2.05) is 0 Å². The Morgan fingerprint density at radius 1 is 1.06 bits per heavy atom. The summed E-state index contributed by atoms with van der Waals surface area (Å²) in [7, 11) is 2.92. The van der Waals surface area contributed by atoms with Crippen LogP contribution in [0, 0.1) is 5.92 Å². The maximum atomic E-state index is 13.7. The lowest BCUT2D eigenvalue weighted by Crippen LogP contribution is -2.39. The fraction of sp³-hybridized carbons (Fsp3) is 0.227. The highest BCUT2D eigenvalue weighted by Crippen LogP contribution is 2.55. The number of anilines is 1. The molecule has 0 spiro atoms. The highest BCUT2D eigenvalue weighted by molar-refractivity contribution is 8.04. The SMILES string of the molecule is COc1ccc(OC)c(N2C(=O)[C@H]3[C@H](SC(N)=C4C(=O)Oc5cc(O)ccc5[C@H]43)C2=O)c1. The Morgan fingerprint density at radius 2 is 1.84 bits per heavy atom. The number of carbonyl (C=O) groups excluding carboxylic acids is 3. The first kappa shape index (κ1) is 20.3. The van der Waals surface area contributed by atoms with Crippen LogP contribution in [0.25, 0.3) is 0 Å². The van der Waals surface area contributed by atoms with Gasteiger partial charge in [-0.15, -0.1) is 0 Å². The molecular weight excluding hydrogens is 436 g/mol. The van der Waals surface area contributed by atoms with E-state index in [1.54, 1.807) is 24.3 Å². The van der Waals surface area contributed by atoms with Gasteiger partial charge in [-0.25, -0.2) is 9.69 Å². The molecule has 5 rings (SSSR count). The third kappa shape index (κ3) is 2.76. The predicted octanol–water partition coefficient (Wildman–Crippen LogP) is 1.89. The maximum absolute atomic E-state index is 13.7. The van der Waals surface area contributed by atoms with E-state index in [1.165, 1.54) is 26.4 Å². The van der Waals surface area contributed by atoms with Crippen LogP contribution in [0.3, 0.4) is 0 Å². The van der Waals surface area contributed by atoms with Crippen LogP contribution < -0.4 is 24.8 Å². The van der Waals surface area contributed by atoms with Crippen molar-refractivity contribution in [2.75, 3.05) is 19.1 Å². The number of rotatable bonds is 3. The van der Waals surface area contributed by atoms with Crippen molar-refractivity contribution in [2.45, 2.75) is 11.2 Å². The molecule has 1 saturated heterocycles. The number of nitrogens with zero attached hydrogens (tertiary/aromatic N) is 1. The Labute approximate surface area is 186 Å². The molecule has 3 atom stereocenters. The maximum Gasteiger partial charge on any atom is 0.342 e. The molecule has 0 radical (unpaired) electrons. The Hall–Kier alpha value is -3.66. The molecule has 1 fully saturated rings. The molecule has 0 saturated carbocycles. The summed E-state index contributed by atoms with van der Waals surface area (Å²) in [6, 6.07) is 9.14. The van der Waals surface area contributed by atoms with Crippen molar-refractivity contribution in [3.05, 3.63) is 52.6 Å². The van der Waals surface area contributed by atoms with E-state index in [4.69, 9.17) is 19.9 Å². The van der Waals surface area contributed by atoms with E-state index >= 15 is 0 Å². The van der Waals surface area contributed by atoms with Gasteiger partial charge in [-0.1, -0.05) is 17.8 Å². The number of phenols is 1. The van der Waals surface area contributed by atoms with Crippen molar-refractivity contribution in [3.63, 3.8) is 0 Å². The number of carbonyl (C=O) groups is 3. The molecule has 0 aromatic heterocycles. The highest BCUT2D eigenvalue weighted by Gasteiger charge is 2.59. The molecule has 0 bridgehead atoms. The minimum Gasteiger partial charge on any atom is -0.508 e. The zero-order valence-electron chi connectivity index (χ0n) is 17.0. The summed E-state index contributed by atoms with van der Waals surface area (Å²) in [6.45, 7) is 0. The Morgan fingerprint density at radius 3 is 2.56 bits per heavy atom. The average molecular weight is 454 g/mol. The van der Waals surface area contributed by atoms with Gasteiger partial charge in [-0.3, -0.25) is 9.59 Å². The molecule has 0 unspecified atom stereocenters. The number of hydrogen-bond acceptors (Lipinski definition) is 9. The van der Waals surface area contributed by atoms with Crippen molar-refractivity contribution in [2.24, 2.45) is 11.7 Å². The van der Waals surface area contributed by atoms with Gasteiger partial charge >= 0.3 is 5.97 Å². The van der Waals surface area contributed by atoms with Crippen LogP contribution >= 0.6 is 11.8 Å². The number of amides is 2. The van der Waals surface area contributed by atoms with Gasteiger partial charge in [0.2, 0.25) is 11.8 Å². The Balaban J connectivity index is 1.66. The van der Waals surface area contributed by atoms with Gasteiger partial charge in [0.25, 0.3) is 0 Å². The molecule has 164 valence electrons. The first-order valence-electron chi connectivity index (χ1n) is 9.67. The van der Waals surface area contributed by atoms with Gasteiger partial charge in [0.1, 0.15) is 28.2 Å². The summed E-state index contributed by atoms with van der Waals surface area (Å²) in [4.78, 5) is 40.9. The molecule has 3 heterocycles. The fourth-order valence-corrected chi connectivity index (χ4v) is 5.69. The molecule has 3 aliphatic heterocycles. The minimum atomic E-state index is -0.887. The van der Waals surface area contributed by atoms with Gasteiger partial charge in [-0.2, -0.15) is 0 Å². The van der Waals surface area contributed by atoms with Crippen molar-refractivity contribution in [1.29, 1.82) is 0 Å². The minimum absolute atomic E-state index is 0.0877. The Kier molecular flexibility index (Phi) is 4.55. The van der Waals surface area contributed by atoms with E-state index < -0.39 is 34.9 Å². The fourth-order valence-electron chi connectivity index (χ4n) is 4.45. The number of nitrogens with two attached hydrogens (primary N) is 1. The second-order valence-corrected chi connectivity index (χ2v) is 8.66. The quantitative estimate of drug-likeness (QED) is 0.406. The molecule has 3 aliphatic rings. The number of methoxy groups -OCH3 is 2. The Bertz CT molecular complexity index is 1220.